The van der Waals surface area contributed by atoms with E-state index in [0.29, 0.717) is 22.5 Å². The lowest BCUT2D eigenvalue weighted by Crippen LogP contribution is -2.48. The second-order valence-corrected chi connectivity index (χ2v) is 12.6. The van der Waals surface area contributed by atoms with Gasteiger partial charge in [-0.1, -0.05) is 48.5 Å². The molecule has 1 nitrogen and oxygen atoms in total. The Morgan fingerprint density at radius 2 is 1.29 bits per heavy atom. The van der Waals surface area contributed by atoms with E-state index in [9.17, 15) is 0 Å². The smallest absolute Gasteiger partial charge is 0.200 e. The maximum atomic E-state index is 6.55. The van der Waals surface area contributed by atoms with Crippen molar-refractivity contribution in [2.24, 2.45) is 5.92 Å². The van der Waals surface area contributed by atoms with Crippen molar-refractivity contribution >= 4 is 20.1 Å². The lowest BCUT2D eigenvalue weighted by atomic mass is 10.2. The first-order valence-corrected chi connectivity index (χ1v) is 10.4. The molecule has 0 aliphatic heterocycles. The first-order valence-electron chi connectivity index (χ1n) is 6.91. The molecule has 0 aliphatic rings. The molecule has 17 heavy (non-hydrogen) atoms. The molecule has 0 spiro atoms. The topological polar surface area (TPSA) is 9.23 Å². The highest BCUT2D eigenvalue weighted by molar-refractivity contribution is 7.98. The molecule has 0 N–H and O–H groups in total. The van der Waals surface area contributed by atoms with E-state index >= 15 is 0 Å². The van der Waals surface area contributed by atoms with E-state index in [-0.39, 0.29) is 0 Å². The number of hydrogen-bond acceptors (Lipinski definition) is 2. The fraction of sp³-hybridized carbons (Fsp3) is 1.00. The van der Waals surface area contributed by atoms with Gasteiger partial charge in [-0.2, -0.15) is 11.8 Å². The Balaban J connectivity index is 4.70. The van der Waals surface area contributed by atoms with E-state index in [0.717, 1.165) is 6.61 Å². The van der Waals surface area contributed by atoms with Crippen LogP contribution in [-0.4, -0.2) is 26.9 Å². The van der Waals surface area contributed by atoms with Crippen molar-refractivity contribution in [2.75, 3.05) is 18.6 Å². The molecular formula is C14H32OSSi. The summed E-state index contributed by atoms with van der Waals surface area (Å²) in [6.45, 7) is 17.4. The molecule has 0 saturated heterocycles. The molecule has 0 aromatic rings. The van der Waals surface area contributed by atoms with Gasteiger partial charge in [-0.3, -0.25) is 0 Å². The highest BCUT2D eigenvalue weighted by atomic mass is 32.2. The summed E-state index contributed by atoms with van der Waals surface area (Å²) < 4.78 is 6.55. The van der Waals surface area contributed by atoms with Crippen LogP contribution in [0.5, 0.6) is 0 Å². The SMILES string of the molecule is CSCC(C)CO[Si](C(C)C)(C(C)C)C(C)C. The molecule has 0 radical (unpaired) electrons. The van der Waals surface area contributed by atoms with Crippen LogP contribution in [0.25, 0.3) is 0 Å². The average molecular weight is 277 g/mol. The van der Waals surface area contributed by atoms with E-state index in [2.05, 4.69) is 54.7 Å². The van der Waals surface area contributed by atoms with E-state index in [1.807, 2.05) is 11.8 Å². The summed E-state index contributed by atoms with van der Waals surface area (Å²) >= 11 is 1.92. The van der Waals surface area contributed by atoms with Gasteiger partial charge in [0.05, 0.1) is 0 Å². The van der Waals surface area contributed by atoms with E-state index in [4.69, 9.17) is 4.43 Å². The zero-order valence-corrected chi connectivity index (χ0v) is 14.9. The van der Waals surface area contributed by atoms with Crippen molar-refractivity contribution in [3.05, 3.63) is 0 Å². The van der Waals surface area contributed by atoms with Crippen LogP contribution in [0.2, 0.25) is 16.6 Å². The fourth-order valence-corrected chi connectivity index (χ4v) is 9.36. The van der Waals surface area contributed by atoms with Crippen LogP contribution >= 0.6 is 11.8 Å². The minimum absolute atomic E-state index is 0.674. The highest BCUT2D eigenvalue weighted by Crippen LogP contribution is 2.42. The number of hydrogen-bond donors (Lipinski definition) is 0. The molecule has 0 bridgehead atoms. The fourth-order valence-electron chi connectivity index (χ4n) is 3.12. The van der Waals surface area contributed by atoms with Crippen LogP contribution < -0.4 is 0 Å². The van der Waals surface area contributed by atoms with Crippen LogP contribution in [-0.2, 0) is 4.43 Å². The molecule has 0 aromatic carbocycles. The molecule has 0 aromatic heterocycles. The van der Waals surface area contributed by atoms with Crippen molar-refractivity contribution in [1.29, 1.82) is 0 Å². The Labute approximate surface area is 114 Å². The molecule has 1 atom stereocenters. The largest absolute Gasteiger partial charge is 0.416 e. The predicted octanol–water partition coefficient (Wildman–Crippen LogP) is 5.18. The lowest BCUT2D eigenvalue weighted by Gasteiger charge is -2.42. The van der Waals surface area contributed by atoms with Gasteiger partial charge in [-0.25, -0.2) is 0 Å². The summed E-state index contributed by atoms with van der Waals surface area (Å²) in [5, 5.41) is 0. The van der Waals surface area contributed by atoms with Crippen LogP contribution in [0.15, 0.2) is 0 Å². The quantitative estimate of drug-likeness (QED) is 0.565. The van der Waals surface area contributed by atoms with E-state index in [1.54, 1.807) is 0 Å². The standard InChI is InChI=1S/C14H32OSSi/c1-11(2)17(12(3)4,13(5)6)15-9-14(7)10-16-8/h11-14H,9-10H2,1-8H3. The third-order valence-electron chi connectivity index (χ3n) is 3.78. The Hall–Kier alpha value is 0.527. The maximum Gasteiger partial charge on any atom is 0.200 e. The molecule has 0 heterocycles. The highest BCUT2D eigenvalue weighted by Gasteiger charge is 2.45. The summed E-state index contributed by atoms with van der Waals surface area (Å²) in [6.07, 6.45) is 2.18. The third-order valence-corrected chi connectivity index (χ3v) is 10.8. The van der Waals surface area contributed by atoms with E-state index < -0.39 is 8.32 Å². The van der Waals surface area contributed by atoms with Crippen LogP contribution in [0.1, 0.15) is 48.5 Å². The van der Waals surface area contributed by atoms with Crippen LogP contribution in [0, 0.1) is 5.92 Å². The molecule has 0 amide bonds. The zero-order valence-electron chi connectivity index (χ0n) is 13.0. The Bertz CT molecular complexity index is 183. The van der Waals surface area contributed by atoms with Gasteiger partial charge in [0.25, 0.3) is 0 Å². The van der Waals surface area contributed by atoms with Gasteiger partial charge in [-0.15, -0.1) is 0 Å². The molecule has 0 rings (SSSR count). The van der Waals surface area contributed by atoms with Crippen LogP contribution in [0.3, 0.4) is 0 Å². The second-order valence-electron chi connectivity index (χ2n) is 6.19. The second kappa shape index (κ2) is 7.85. The average Bonchev–Trinajstić information content (AvgIpc) is 2.17. The Kier molecular flexibility index (Phi) is 8.09. The van der Waals surface area contributed by atoms with Gasteiger partial charge in [0, 0.05) is 6.61 Å². The van der Waals surface area contributed by atoms with Crippen LogP contribution in [0.4, 0.5) is 0 Å². The molecule has 0 aliphatic carbocycles. The first kappa shape index (κ1) is 17.5. The zero-order chi connectivity index (χ0) is 13.6. The summed E-state index contributed by atoms with van der Waals surface area (Å²) in [4.78, 5) is 0. The Morgan fingerprint density at radius 3 is 1.59 bits per heavy atom. The van der Waals surface area contributed by atoms with Crippen molar-refractivity contribution in [1.82, 2.24) is 0 Å². The normalized spacial score (nSPS) is 15.0. The predicted molar refractivity (Wildman–Crippen MR) is 84.5 cm³/mol. The minimum Gasteiger partial charge on any atom is -0.416 e. The third kappa shape index (κ3) is 4.60. The van der Waals surface area contributed by atoms with Gasteiger partial charge >= 0.3 is 0 Å². The summed E-state index contributed by atoms with van der Waals surface area (Å²) in [6, 6.07) is 0. The van der Waals surface area contributed by atoms with Crippen molar-refractivity contribution in [2.45, 2.75) is 65.1 Å². The van der Waals surface area contributed by atoms with E-state index in [1.165, 1.54) is 5.75 Å². The van der Waals surface area contributed by atoms with Gasteiger partial charge < -0.3 is 4.43 Å². The maximum absolute atomic E-state index is 6.55. The molecule has 0 saturated carbocycles. The molecule has 3 heteroatoms. The van der Waals surface area contributed by atoms with Gasteiger partial charge in [0.15, 0.2) is 8.32 Å². The molecular weight excluding hydrogens is 244 g/mol. The van der Waals surface area contributed by atoms with Gasteiger partial charge in [0.2, 0.25) is 0 Å². The van der Waals surface area contributed by atoms with Gasteiger partial charge in [-0.05, 0) is 34.6 Å². The van der Waals surface area contributed by atoms with Crippen molar-refractivity contribution in [3.63, 3.8) is 0 Å². The minimum atomic E-state index is -1.63. The molecule has 1 unspecified atom stereocenters. The molecule has 0 fully saturated rings. The first-order chi connectivity index (χ1) is 7.78. The number of thioether (sulfide) groups is 1. The summed E-state index contributed by atoms with van der Waals surface area (Å²) in [5.41, 5.74) is 2.09. The summed E-state index contributed by atoms with van der Waals surface area (Å²) in [7, 11) is -1.63. The van der Waals surface area contributed by atoms with Crippen molar-refractivity contribution < 1.29 is 4.43 Å². The Morgan fingerprint density at radius 1 is 0.882 bits per heavy atom. The summed E-state index contributed by atoms with van der Waals surface area (Å²) in [5.74, 6) is 1.88. The molecule has 104 valence electrons. The monoisotopic (exact) mass is 276 g/mol. The lowest BCUT2D eigenvalue weighted by molar-refractivity contribution is 0.240. The van der Waals surface area contributed by atoms with Crippen molar-refractivity contribution in [3.8, 4) is 0 Å². The number of rotatable bonds is 8. The van der Waals surface area contributed by atoms with Gasteiger partial charge in [0.1, 0.15) is 0 Å².